The van der Waals surface area contributed by atoms with Crippen LogP contribution in [0.5, 0.6) is 11.5 Å². The SMILES string of the molecule is N#CNC(=NCCCCCCOc1ccc(Cl)cc1)Nc1cc[n+](Cc2ccc(O[C@@H]3O[C@H](C(=O)O)[C@@H](O)[C@H](O)[C@H]3O)c(NC(=O)CCNC(=O)CCN3C(=O)C=CC3=O)c2)cc1. The van der Waals surface area contributed by atoms with Crippen molar-refractivity contribution in [3.05, 3.63) is 89.7 Å². The van der Waals surface area contributed by atoms with Crippen LogP contribution in [0, 0.1) is 11.5 Å². The zero-order valence-corrected chi connectivity index (χ0v) is 34.6. The second kappa shape index (κ2) is 23.5. The molecule has 1 fully saturated rings. The van der Waals surface area contributed by atoms with E-state index in [0.717, 1.165) is 48.5 Å². The molecule has 3 heterocycles. The van der Waals surface area contributed by atoms with E-state index >= 15 is 0 Å². The predicted molar refractivity (Wildman–Crippen MR) is 224 cm³/mol. The number of aromatic nitrogens is 1. The number of nitrogens with zero attached hydrogens (tertiary/aromatic N) is 4. The van der Waals surface area contributed by atoms with E-state index in [-0.39, 0.29) is 49.9 Å². The van der Waals surface area contributed by atoms with Gasteiger partial charge in [-0.15, -0.1) is 0 Å². The third kappa shape index (κ3) is 14.5. The minimum atomic E-state index is -1.95. The van der Waals surface area contributed by atoms with Gasteiger partial charge in [0.05, 0.1) is 18.0 Å². The van der Waals surface area contributed by atoms with Crippen LogP contribution in [0.25, 0.3) is 0 Å². The highest BCUT2D eigenvalue weighted by Gasteiger charge is 2.48. The van der Waals surface area contributed by atoms with E-state index in [4.69, 9.17) is 25.8 Å². The van der Waals surface area contributed by atoms with Gasteiger partial charge in [0.1, 0.15) is 29.8 Å². The Morgan fingerprint density at radius 2 is 1.60 bits per heavy atom. The molecule has 21 heteroatoms. The van der Waals surface area contributed by atoms with Crippen molar-refractivity contribution in [2.45, 2.75) is 75.8 Å². The number of guanidine groups is 1. The fourth-order valence-electron chi connectivity index (χ4n) is 6.27. The topological polar surface area (TPSA) is 285 Å². The van der Waals surface area contributed by atoms with E-state index in [1.165, 1.54) is 6.07 Å². The van der Waals surface area contributed by atoms with Gasteiger partial charge < -0.3 is 50.6 Å². The van der Waals surface area contributed by atoms with Crippen LogP contribution in [0.2, 0.25) is 5.02 Å². The summed E-state index contributed by atoms with van der Waals surface area (Å²) in [6.45, 7) is 1.12. The molecular weight excluding hydrogens is 844 g/mol. The summed E-state index contributed by atoms with van der Waals surface area (Å²) in [6, 6.07) is 15.4. The predicted octanol–water partition coefficient (Wildman–Crippen LogP) is 1.18. The molecule has 1 saturated heterocycles. The second-order valence-corrected chi connectivity index (χ2v) is 14.7. The molecule has 1 aromatic heterocycles. The van der Waals surface area contributed by atoms with Crippen LogP contribution in [0.15, 0.2) is 84.1 Å². The maximum absolute atomic E-state index is 13.1. The molecule has 2 aromatic carbocycles. The number of imide groups is 1. The average molecular weight is 892 g/mol. The Morgan fingerprint density at radius 1 is 0.889 bits per heavy atom. The number of anilines is 2. The van der Waals surface area contributed by atoms with E-state index in [1.807, 2.05) is 22.9 Å². The number of rotatable bonds is 21. The minimum absolute atomic E-state index is 0.0688. The third-order valence-electron chi connectivity index (χ3n) is 9.61. The number of aliphatic hydroxyl groups excluding tert-OH is 3. The van der Waals surface area contributed by atoms with Gasteiger partial charge in [0.25, 0.3) is 11.8 Å². The number of halogens is 1. The van der Waals surface area contributed by atoms with Gasteiger partial charge in [-0.25, -0.2) is 9.36 Å². The third-order valence-corrected chi connectivity index (χ3v) is 9.86. The summed E-state index contributed by atoms with van der Waals surface area (Å²) in [5, 5.41) is 61.3. The molecule has 5 rings (SSSR count). The van der Waals surface area contributed by atoms with E-state index in [2.05, 4.69) is 26.3 Å². The van der Waals surface area contributed by atoms with Crippen LogP contribution in [-0.4, -0.2) is 118 Å². The monoisotopic (exact) mass is 891 g/mol. The molecule has 0 aliphatic carbocycles. The average Bonchev–Trinajstić information content (AvgIpc) is 3.58. The lowest BCUT2D eigenvalue weighted by Crippen LogP contribution is -2.61. The highest BCUT2D eigenvalue weighted by molar-refractivity contribution is 6.30. The first-order chi connectivity index (χ1) is 30.3. The van der Waals surface area contributed by atoms with Gasteiger partial charge in [-0.1, -0.05) is 18.0 Å². The molecule has 63 heavy (non-hydrogen) atoms. The van der Waals surface area contributed by atoms with Gasteiger partial charge >= 0.3 is 5.97 Å². The Bertz CT molecular complexity index is 2170. The number of carboxylic acid groups (broad SMARTS) is 1. The summed E-state index contributed by atoms with van der Waals surface area (Å²) >= 11 is 5.91. The molecule has 8 N–H and O–H groups in total. The lowest BCUT2D eigenvalue weighted by molar-refractivity contribution is -0.688. The van der Waals surface area contributed by atoms with Crippen molar-refractivity contribution in [2.75, 3.05) is 36.9 Å². The number of carbonyl (C=O) groups excluding carboxylic acids is 4. The van der Waals surface area contributed by atoms with Crippen LogP contribution < -0.4 is 35.3 Å². The van der Waals surface area contributed by atoms with Gasteiger partial charge in [-0.05, 0) is 61.7 Å². The number of ether oxygens (including phenoxy) is 3. The zero-order chi connectivity index (χ0) is 45.3. The van der Waals surface area contributed by atoms with Crippen LogP contribution in [-0.2, 0) is 35.3 Å². The minimum Gasteiger partial charge on any atom is -0.494 e. The summed E-state index contributed by atoms with van der Waals surface area (Å²) in [5.41, 5.74) is 1.36. The number of pyridine rings is 1. The van der Waals surface area contributed by atoms with Crippen molar-refractivity contribution in [3.8, 4) is 17.7 Å². The maximum Gasteiger partial charge on any atom is 0.335 e. The van der Waals surface area contributed by atoms with Crippen molar-refractivity contribution < 1.29 is 63.2 Å². The van der Waals surface area contributed by atoms with Crippen molar-refractivity contribution in [3.63, 3.8) is 0 Å². The first kappa shape index (κ1) is 47.4. The van der Waals surface area contributed by atoms with E-state index in [9.17, 15) is 49.7 Å². The summed E-state index contributed by atoms with van der Waals surface area (Å²) in [4.78, 5) is 66.0. The highest BCUT2D eigenvalue weighted by Crippen LogP contribution is 2.31. The summed E-state index contributed by atoms with van der Waals surface area (Å²) in [7, 11) is 0. The summed E-state index contributed by atoms with van der Waals surface area (Å²) in [6.07, 6.45) is 1.38. The molecule has 0 spiro atoms. The molecule has 334 valence electrons. The molecule has 4 amide bonds. The highest BCUT2D eigenvalue weighted by atomic mass is 35.5. The Balaban J connectivity index is 1.17. The Kier molecular flexibility index (Phi) is 17.7. The van der Waals surface area contributed by atoms with Gasteiger partial charge in [0, 0.05) is 67.3 Å². The Morgan fingerprint density at radius 3 is 2.30 bits per heavy atom. The number of aliphatic carboxylic acids is 1. The van der Waals surface area contributed by atoms with Crippen LogP contribution in [0.3, 0.4) is 0 Å². The molecule has 0 radical (unpaired) electrons. The number of nitriles is 1. The first-order valence-corrected chi connectivity index (χ1v) is 20.3. The second-order valence-electron chi connectivity index (χ2n) is 14.3. The van der Waals surface area contributed by atoms with Gasteiger partial charge in [-0.3, -0.25) is 34.4 Å². The normalized spacial score (nSPS) is 19.6. The quantitative estimate of drug-likeness (QED) is 0.0142. The number of benzene rings is 2. The van der Waals surface area contributed by atoms with Gasteiger partial charge in [0.2, 0.25) is 24.1 Å². The number of hydrogen-bond donors (Lipinski definition) is 8. The summed E-state index contributed by atoms with van der Waals surface area (Å²) < 4.78 is 18.6. The molecule has 0 unspecified atom stereocenters. The first-order valence-electron chi connectivity index (χ1n) is 20.0. The van der Waals surface area contributed by atoms with E-state index < -0.39 is 60.3 Å². The molecule has 20 nitrogen and oxygen atoms in total. The molecule has 5 atom stereocenters. The molecule has 3 aromatic rings. The number of nitrogens with one attached hydrogen (secondary N) is 4. The molecular formula is C42H48ClN8O12+. The number of aliphatic imine (C=N–C) groups is 1. The number of aliphatic hydroxyl groups is 3. The number of unbranched alkanes of at least 4 members (excludes halogenated alkanes) is 3. The molecule has 0 saturated carbocycles. The Labute approximate surface area is 366 Å². The van der Waals surface area contributed by atoms with Crippen molar-refractivity contribution in [2.24, 2.45) is 4.99 Å². The van der Waals surface area contributed by atoms with E-state index in [1.54, 1.807) is 48.8 Å². The maximum atomic E-state index is 13.1. The molecule has 2 aliphatic heterocycles. The zero-order valence-electron chi connectivity index (χ0n) is 33.9. The number of carboxylic acids is 1. The molecule has 0 bridgehead atoms. The van der Waals surface area contributed by atoms with E-state index in [0.29, 0.717) is 29.4 Å². The van der Waals surface area contributed by atoms with Crippen molar-refractivity contribution in [1.82, 2.24) is 15.5 Å². The van der Waals surface area contributed by atoms with Gasteiger partial charge in [-0.2, -0.15) is 5.26 Å². The lowest BCUT2D eigenvalue weighted by atomic mass is 9.99. The standard InChI is InChI=1S/C42H47ClN8O12/c43-27-6-8-29(9-7-27)61-22-4-2-1-3-17-46-42(47-25-44)48-28-14-19-50(20-15-28)24-26-5-10-31(62-41-38(58)36(56)37(57)39(63-41)40(59)60)30(23-26)49-33(53)13-18-45-32(52)16-21-51-34(54)11-12-35(51)55/h5-12,14-15,19-20,23,36-39,41,56-58H,1-4,13,16-18,21-22,24H2,(H4,45,46,47,49,52,53,59,60)/p+1/t36-,37-,38+,39-,41+/m0/s1. The lowest BCUT2D eigenvalue weighted by Gasteiger charge is -2.38. The fraction of sp³-hybridized carbons (Fsp3) is 0.381. The van der Waals surface area contributed by atoms with Crippen LogP contribution in [0.4, 0.5) is 11.4 Å². The number of carbonyl (C=O) groups is 5. The summed E-state index contributed by atoms with van der Waals surface area (Å²) in [5.74, 6) is -2.75. The molecule has 2 aliphatic rings. The fourth-order valence-corrected chi connectivity index (χ4v) is 6.39. The van der Waals surface area contributed by atoms with Crippen molar-refractivity contribution in [1.29, 1.82) is 5.26 Å². The number of amides is 4. The van der Waals surface area contributed by atoms with Crippen LogP contribution in [0.1, 0.15) is 44.1 Å². The smallest absolute Gasteiger partial charge is 0.335 e. The Hall–Kier alpha value is -6.63. The van der Waals surface area contributed by atoms with Gasteiger partial charge in [0.15, 0.2) is 31.2 Å². The number of hydrogen-bond acceptors (Lipinski definition) is 13. The van der Waals surface area contributed by atoms with Crippen LogP contribution >= 0.6 is 11.6 Å². The largest absolute Gasteiger partial charge is 0.494 e. The van der Waals surface area contributed by atoms with Crippen molar-refractivity contribution >= 4 is 58.5 Å².